The van der Waals surface area contributed by atoms with Gasteiger partial charge in [-0.3, -0.25) is 9.52 Å². The summed E-state index contributed by atoms with van der Waals surface area (Å²) in [6.07, 6.45) is 1.77. The molecule has 0 amide bonds. The molecule has 0 atom stereocenters. The van der Waals surface area contributed by atoms with Crippen molar-refractivity contribution in [2.45, 2.75) is 0 Å². The van der Waals surface area contributed by atoms with E-state index in [0.717, 1.165) is 22.5 Å². The van der Waals surface area contributed by atoms with Crippen molar-refractivity contribution < 1.29 is 9.20 Å². The Morgan fingerprint density at radius 1 is 0.931 bits per heavy atom. The van der Waals surface area contributed by atoms with Crippen LogP contribution in [0.15, 0.2) is 93.2 Å². The van der Waals surface area contributed by atoms with Crippen LogP contribution in [0.25, 0.3) is 5.69 Å². The Morgan fingerprint density at radius 3 is 2.38 bits per heavy atom. The Morgan fingerprint density at radius 2 is 1.66 bits per heavy atom. The summed E-state index contributed by atoms with van der Waals surface area (Å²) in [5.74, 6) is 5.87. The van der Waals surface area contributed by atoms with Crippen LogP contribution in [0.5, 0.6) is 0 Å². The van der Waals surface area contributed by atoms with Crippen LogP contribution in [-0.2, 0) is 0 Å². The number of para-hydroxylation sites is 1. The van der Waals surface area contributed by atoms with E-state index in [0.29, 0.717) is 5.02 Å². The number of hydrogen-bond acceptors (Lipinski definition) is 3. The van der Waals surface area contributed by atoms with Crippen molar-refractivity contribution in [3.63, 3.8) is 0 Å². The molecule has 4 rings (SSSR count). The number of nitrogens with one attached hydrogen (secondary N) is 1. The van der Waals surface area contributed by atoms with E-state index in [2.05, 4.69) is 22.1 Å². The van der Waals surface area contributed by atoms with Gasteiger partial charge in [0.05, 0.1) is 5.69 Å². The van der Waals surface area contributed by atoms with E-state index in [4.69, 9.17) is 16.1 Å². The Bertz CT molecular complexity index is 1260. The van der Waals surface area contributed by atoms with Crippen molar-refractivity contribution in [1.29, 1.82) is 0 Å². The quantitative estimate of drug-likeness (QED) is 0.320. The van der Waals surface area contributed by atoms with E-state index in [-0.39, 0.29) is 5.69 Å². The van der Waals surface area contributed by atoms with Crippen LogP contribution in [-0.4, -0.2) is 11.5 Å². The number of halogens is 1. The van der Waals surface area contributed by atoms with Gasteiger partial charge >= 0.3 is 11.3 Å². The van der Waals surface area contributed by atoms with Gasteiger partial charge in [-0.15, -0.1) is 0 Å². The molecule has 0 aliphatic carbocycles. The van der Waals surface area contributed by atoms with Gasteiger partial charge in [0.25, 0.3) is 0 Å². The zero-order valence-electron chi connectivity index (χ0n) is 15.2. The normalized spacial score (nSPS) is 10.7. The Hall–Kier alpha value is -3.88. The molecule has 29 heavy (non-hydrogen) atoms. The van der Waals surface area contributed by atoms with Gasteiger partial charge in [-0.25, -0.2) is 4.79 Å². The molecule has 5 nitrogen and oxygen atoms in total. The highest BCUT2D eigenvalue weighted by atomic mass is 35.5. The fourth-order valence-electron chi connectivity index (χ4n) is 2.60. The molecule has 0 aliphatic rings. The van der Waals surface area contributed by atoms with Crippen LogP contribution in [0.1, 0.15) is 16.8 Å². The van der Waals surface area contributed by atoms with Gasteiger partial charge in [0.1, 0.15) is 0 Å². The van der Waals surface area contributed by atoms with Gasteiger partial charge in [-0.2, -0.15) is 0 Å². The van der Waals surface area contributed by atoms with E-state index >= 15 is 0 Å². The second-order valence-corrected chi connectivity index (χ2v) is 6.54. The maximum atomic E-state index is 12.0. The first-order chi connectivity index (χ1) is 14.2. The Labute approximate surface area is 171 Å². The van der Waals surface area contributed by atoms with Crippen molar-refractivity contribution in [3.8, 4) is 17.5 Å². The molecule has 6 heteroatoms. The van der Waals surface area contributed by atoms with Crippen molar-refractivity contribution in [2.75, 3.05) is 0 Å². The van der Waals surface area contributed by atoms with Crippen molar-refractivity contribution in [2.24, 2.45) is 4.99 Å². The summed E-state index contributed by atoms with van der Waals surface area (Å²) in [5, 5.41) is 3.26. The van der Waals surface area contributed by atoms with E-state index in [1.54, 1.807) is 6.21 Å². The highest BCUT2D eigenvalue weighted by molar-refractivity contribution is 6.30. The summed E-state index contributed by atoms with van der Waals surface area (Å²) in [6, 6.07) is 24.2. The van der Waals surface area contributed by atoms with E-state index in [1.165, 1.54) is 4.68 Å². The van der Waals surface area contributed by atoms with Gasteiger partial charge in [0.2, 0.25) is 5.69 Å². The Kier molecular flexibility index (Phi) is 5.37. The number of H-pyrrole nitrogens is 1. The summed E-state index contributed by atoms with van der Waals surface area (Å²) < 4.78 is 6.41. The van der Waals surface area contributed by atoms with Gasteiger partial charge in [-0.05, 0) is 51.9 Å². The van der Waals surface area contributed by atoms with Crippen LogP contribution >= 0.6 is 11.6 Å². The van der Waals surface area contributed by atoms with Crippen LogP contribution in [0.2, 0.25) is 5.02 Å². The van der Waals surface area contributed by atoms with Crippen molar-refractivity contribution in [3.05, 3.63) is 111 Å². The number of rotatable bonds is 3. The molecule has 1 N–H and O–H groups in total. The molecule has 0 aliphatic heterocycles. The van der Waals surface area contributed by atoms with Crippen LogP contribution in [0.4, 0.5) is 5.69 Å². The summed E-state index contributed by atoms with van der Waals surface area (Å²) in [7, 11) is 0. The summed E-state index contributed by atoms with van der Waals surface area (Å²) in [4.78, 5) is 16.4. The largest absolute Gasteiger partial charge is 0.444 e. The molecule has 0 unspecified atom stereocenters. The molecule has 140 valence electrons. The molecular weight excluding hydrogens is 386 g/mol. The van der Waals surface area contributed by atoms with E-state index in [9.17, 15) is 4.79 Å². The van der Waals surface area contributed by atoms with Gasteiger partial charge in [0, 0.05) is 34.9 Å². The minimum atomic E-state index is -0.523. The van der Waals surface area contributed by atoms with Gasteiger partial charge in [0.15, 0.2) is 0 Å². The maximum Gasteiger partial charge on any atom is 0.444 e. The third-order valence-electron chi connectivity index (χ3n) is 4.09. The predicted molar refractivity (Wildman–Crippen MR) is 112 cm³/mol. The number of aromatic nitrogens is 2. The third-order valence-corrected chi connectivity index (χ3v) is 4.34. The van der Waals surface area contributed by atoms with Crippen LogP contribution in [0.3, 0.4) is 0 Å². The first kappa shape index (κ1) is 18.5. The number of nitrogens with zero attached hydrogens (tertiary/aromatic N) is 2. The predicted octanol–water partition coefficient (Wildman–Crippen LogP) is 4.05. The summed E-state index contributed by atoms with van der Waals surface area (Å²) >= 11 is 5.88. The first-order valence-corrected chi connectivity index (χ1v) is 9.17. The summed E-state index contributed by atoms with van der Waals surface area (Å²) in [6.45, 7) is 0. The van der Waals surface area contributed by atoms with E-state index < -0.39 is 5.63 Å². The van der Waals surface area contributed by atoms with Crippen molar-refractivity contribution in [1.82, 2.24) is 5.27 Å². The molecule has 0 spiro atoms. The number of aromatic amines is 1. The fraction of sp³-hybridized carbons (Fsp3) is 0. The smallest absolute Gasteiger partial charge is 0.281 e. The maximum absolute atomic E-state index is 12.0. The number of benzene rings is 3. The zero-order chi connectivity index (χ0) is 20.1. The molecule has 0 radical (unpaired) electrons. The first-order valence-electron chi connectivity index (χ1n) is 8.80. The standard InChI is InChI=1S/C23H14ClN3O2/c24-19-11-6-18(7-12-19)16-25-20-13-8-17(9-14-20)10-15-22-23(28)29-26-27(22)21-4-2-1-3-5-21/h1-9,11-14,16H/p+1. The van der Waals surface area contributed by atoms with Crippen molar-refractivity contribution >= 4 is 23.5 Å². The molecule has 4 aromatic rings. The number of aliphatic imine (C=N–C) groups is 1. The second-order valence-electron chi connectivity index (χ2n) is 6.11. The average molecular weight is 401 g/mol. The number of hydrogen-bond donors (Lipinski definition) is 1. The molecular formula is C23H15ClN3O2+. The lowest BCUT2D eigenvalue weighted by Gasteiger charge is -1.95. The monoisotopic (exact) mass is 400 g/mol. The molecule has 1 aromatic heterocycles. The zero-order valence-corrected chi connectivity index (χ0v) is 15.9. The lowest BCUT2D eigenvalue weighted by molar-refractivity contribution is -0.672. The molecule has 0 saturated heterocycles. The fourth-order valence-corrected chi connectivity index (χ4v) is 2.72. The van der Waals surface area contributed by atoms with Crippen LogP contribution in [0, 0.1) is 11.8 Å². The van der Waals surface area contributed by atoms with Gasteiger partial charge < -0.3 is 0 Å². The van der Waals surface area contributed by atoms with Gasteiger partial charge in [-0.1, -0.05) is 47.9 Å². The average Bonchev–Trinajstić information content (AvgIpc) is 3.13. The Balaban J connectivity index is 1.54. The minimum Gasteiger partial charge on any atom is -0.281 e. The highest BCUT2D eigenvalue weighted by Crippen LogP contribution is 2.14. The third kappa shape index (κ3) is 4.52. The highest BCUT2D eigenvalue weighted by Gasteiger charge is 2.20. The molecule has 3 aromatic carbocycles. The molecule has 0 fully saturated rings. The lowest BCUT2D eigenvalue weighted by Crippen LogP contribution is -2.37. The molecule has 0 bridgehead atoms. The molecule has 1 heterocycles. The summed E-state index contributed by atoms with van der Waals surface area (Å²) in [5.41, 5.74) is 2.98. The lowest BCUT2D eigenvalue weighted by atomic mass is 10.2. The SMILES string of the molecule is O=c1o[nH][n+](-c2ccccc2)c1C#Cc1ccc(N=Cc2ccc(Cl)cc2)cc1. The van der Waals surface area contributed by atoms with Crippen LogP contribution < -0.4 is 10.3 Å². The minimum absolute atomic E-state index is 0.223. The second kappa shape index (κ2) is 8.42. The topological polar surface area (TPSA) is 62.2 Å². The molecule has 0 saturated carbocycles. The van der Waals surface area contributed by atoms with E-state index in [1.807, 2.05) is 78.9 Å².